The lowest BCUT2D eigenvalue weighted by Crippen LogP contribution is -2.07. The van der Waals surface area contributed by atoms with Crippen LogP contribution in [-0.4, -0.2) is 6.61 Å². The van der Waals surface area contributed by atoms with Crippen molar-refractivity contribution in [2.24, 2.45) is 5.41 Å². The van der Waals surface area contributed by atoms with Gasteiger partial charge in [-0.15, -0.1) is 0 Å². The summed E-state index contributed by atoms with van der Waals surface area (Å²) in [7, 11) is 0. The van der Waals surface area contributed by atoms with E-state index in [9.17, 15) is 0 Å². The minimum absolute atomic E-state index is 0.0306. The van der Waals surface area contributed by atoms with E-state index < -0.39 is 0 Å². The molecule has 2 nitrogen and oxygen atoms in total. The fourth-order valence-corrected chi connectivity index (χ4v) is 1.12. The SMILES string of the molecule is CCCCOOC#CC(C)(C)CCC. The molecule has 0 unspecified atom stereocenters. The second-order valence-electron chi connectivity index (χ2n) is 4.12. The molecule has 0 aliphatic heterocycles. The average molecular weight is 198 g/mol. The van der Waals surface area contributed by atoms with Crippen LogP contribution >= 0.6 is 0 Å². The summed E-state index contributed by atoms with van der Waals surface area (Å²) in [6.07, 6.45) is 6.94. The molecule has 14 heavy (non-hydrogen) atoms. The van der Waals surface area contributed by atoms with Crippen molar-refractivity contribution in [1.29, 1.82) is 0 Å². The Balaban J connectivity index is 3.59. The Morgan fingerprint density at radius 1 is 1.14 bits per heavy atom. The quantitative estimate of drug-likeness (QED) is 0.281. The lowest BCUT2D eigenvalue weighted by Gasteiger charge is -2.14. The van der Waals surface area contributed by atoms with Crippen molar-refractivity contribution in [3.8, 4) is 12.0 Å². The fraction of sp³-hybridized carbons (Fsp3) is 0.833. The fourth-order valence-electron chi connectivity index (χ4n) is 1.12. The van der Waals surface area contributed by atoms with Crippen LogP contribution in [0, 0.1) is 17.4 Å². The van der Waals surface area contributed by atoms with E-state index in [4.69, 9.17) is 9.78 Å². The molecule has 0 aromatic rings. The third-order valence-corrected chi connectivity index (χ3v) is 1.95. The topological polar surface area (TPSA) is 18.5 Å². The van der Waals surface area contributed by atoms with Crippen molar-refractivity contribution in [2.75, 3.05) is 6.61 Å². The van der Waals surface area contributed by atoms with Crippen LogP contribution in [0.3, 0.4) is 0 Å². The summed E-state index contributed by atoms with van der Waals surface area (Å²) in [5.74, 6) is 3.04. The molecule has 0 saturated carbocycles. The summed E-state index contributed by atoms with van der Waals surface area (Å²) in [6, 6.07) is 0. The van der Waals surface area contributed by atoms with Crippen molar-refractivity contribution in [3.05, 3.63) is 0 Å². The molecule has 0 rings (SSSR count). The molecule has 0 aromatic carbocycles. The highest BCUT2D eigenvalue weighted by Crippen LogP contribution is 2.20. The number of hydrogen-bond acceptors (Lipinski definition) is 2. The van der Waals surface area contributed by atoms with Crippen LogP contribution < -0.4 is 0 Å². The summed E-state index contributed by atoms with van der Waals surface area (Å²) in [6.45, 7) is 9.11. The van der Waals surface area contributed by atoms with Gasteiger partial charge in [-0.05, 0) is 32.6 Å². The smallest absolute Gasteiger partial charge is 0.157 e. The first-order valence-corrected chi connectivity index (χ1v) is 5.43. The Hall–Kier alpha value is -0.680. The Kier molecular flexibility index (Phi) is 7.32. The van der Waals surface area contributed by atoms with Crippen molar-refractivity contribution in [1.82, 2.24) is 0 Å². The third-order valence-electron chi connectivity index (χ3n) is 1.95. The van der Waals surface area contributed by atoms with E-state index >= 15 is 0 Å². The summed E-state index contributed by atoms with van der Waals surface area (Å²) in [4.78, 5) is 9.63. The molecule has 2 heteroatoms. The minimum Gasteiger partial charge on any atom is -0.282 e. The van der Waals surface area contributed by atoms with Gasteiger partial charge in [0.25, 0.3) is 0 Å². The second kappa shape index (κ2) is 7.70. The average Bonchev–Trinajstić information content (AvgIpc) is 2.11. The summed E-state index contributed by atoms with van der Waals surface area (Å²) in [5.41, 5.74) is 0.0306. The van der Waals surface area contributed by atoms with Crippen LogP contribution in [0.15, 0.2) is 0 Å². The van der Waals surface area contributed by atoms with Crippen LogP contribution in [0.5, 0.6) is 0 Å². The maximum Gasteiger partial charge on any atom is 0.157 e. The Labute approximate surface area is 87.9 Å². The van der Waals surface area contributed by atoms with Crippen LogP contribution in [0.4, 0.5) is 0 Å². The van der Waals surface area contributed by atoms with E-state index in [2.05, 4.69) is 39.7 Å². The normalized spacial score (nSPS) is 10.6. The van der Waals surface area contributed by atoms with Crippen molar-refractivity contribution in [3.63, 3.8) is 0 Å². The second-order valence-corrected chi connectivity index (χ2v) is 4.12. The van der Waals surface area contributed by atoms with Crippen LogP contribution in [-0.2, 0) is 9.78 Å². The zero-order chi connectivity index (χ0) is 10.9. The van der Waals surface area contributed by atoms with E-state index in [1.165, 1.54) is 0 Å². The molecular formula is C12H22O2. The highest BCUT2D eigenvalue weighted by atomic mass is 17.2. The van der Waals surface area contributed by atoms with Gasteiger partial charge in [0.2, 0.25) is 0 Å². The first-order chi connectivity index (χ1) is 6.62. The summed E-state index contributed by atoms with van der Waals surface area (Å²) >= 11 is 0. The predicted octanol–water partition coefficient (Wildman–Crippen LogP) is 3.52. The number of hydrogen-bond donors (Lipinski definition) is 0. The zero-order valence-electron chi connectivity index (χ0n) is 9.85. The van der Waals surface area contributed by atoms with E-state index in [1.54, 1.807) is 0 Å². The van der Waals surface area contributed by atoms with Gasteiger partial charge in [0.1, 0.15) is 0 Å². The Bertz CT molecular complexity index is 186. The molecule has 0 spiro atoms. The minimum atomic E-state index is 0.0306. The highest BCUT2D eigenvalue weighted by molar-refractivity contribution is 5.03. The lowest BCUT2D eigenvalue weighted by atomic mass is 9.89. The molecule has 0 radical (unpaired) electrons. The molecule has 0 aliphatic carbocycles. The van der Waals surface area contributed by atoms with E-state index in [0.717, 1.165) is 25.7 Å². The van der Waals surface area contributed by atoms with Crippen molar-refractivity contribution < 1.29 is 9.78 Å². The van der Waals surface area contributed by atoms with Gasteiger partial charge in [-0.3, -0.25) is 4.89 Å². The van der Waals surface area contributed by atoms with E-state index in [0.29, 0.717) is 6.61 Å². The molecule has 0 fully saturated rings. The maximum atomic E-state index is 4.87. The molecule has 0 aliphatic rings. The standard InChI is InChI=1S/C12H22O2/c1-5-7-10-13-14-11-9-12(3,4)8-6-2/h5-8,10H2,1-4H3. The zero-order valence-corrected chi connectivity index (χ0v) is 9.85. The van der Waals surface area contributed by atoms with Crippen LogP contribution in [0.2, 0.25) is 0 Å². The van der Waals surface area contributed by atoms with Gasteiger partial charge in [-0.2, -0.15) is 4.89 Å². The summed E-state index contributed by atoms with van der Waals surface area (Å²) in [5, 5.41) is 0. The highest BCUT2D eigenvalue weighted by Gasteiger charge is 2.12. The van der Waals surface area contributed by atoms with Gasteiger partial charge in [-0.25, -0.2) is 0 Å². The Morgan fingerprint density at radius 3 is 2.43 bits per heavy atom. The van der Waals surface area contributed by atoms with E-state index in [-0.39, 0.29) is 5.41 Å². The molecule has 0 N–H and O–H groups in total. The molecule has 0 aromatic heterocycles. The number of rotatable bonds is 6. The Morgan fingerprint density at radius 2 is 1.86 bits per heavy atom. The molecule has 0 heterocycles. The van der Waals surface area contributed by atoms with Crippen molar-refractivity contribution in [2.45, 2.75) is 53.4 Å². The molecule has 0 atom stereocenters. The maximum absolute atomic E-state index is 4.87. The van der Waals surface area contributed by atoms with Gasteiger partial charge in [0, 0.05) is 5.41 Å². The van der Waals surface area contributed by atoms with Crippen LogP contribution in [0.1, 0.15) is 53.4 Å². The van der Waals surface area contributed by atoms with Gasteiger partial charge in [0.15, 0.2) is 6.11 Å². The first-order valence-electron chi connectivity index (χ1n) is 5.43. The molecule has 0 amide bonds. The van der Waals surface area contributed by atoms with E-state index in [1.807, 2.05) is 0 Å². The van der Waals surface area contributed by atoms with Crippen LogP contribution in [0.25, 0.3) is 0 Å². The molecule has 0 saturated heterocycles. The summed E-state index contributed by atoms with van der Waals surface area (Å²) < 4.78 is 0. The van der Waals surface area contributed by atoms with Crippen molar-refractivity contribution >= 4 is 0 Å². The van der Waals surface area contributed by atoms with Gasteiger partial charge in [0.05, 0.1) is 6.61 Å². The van der Waals surface area contributed by atoms with Gasteiger partial charge in [-0.1, -0.05) is 26.7 Å². The molecule has 0 bridgehead atoms. The third kappa shape index (κ3) is 7.94. The first kappa shape index (κ1) is 13.3. The molecular weight excluding hydrogens is 176 g/mol. The van der Waals surface area contributed by atoms with Gasteiger partial charge < -0.3 is 0 Å². The monoisotopic (exact) mass is 198 g/mol. The lowest BCUT2D eigenvalue weighted by molar-refractivity contribution is -0.237. The molecule has 82 valence electrons. The predicted molar refractivity (Wildman–Crippen MR) is 58.4 cm³/mol. The largest absolute Gasteiger partial charge is 0.282 e. The number of unbranched alkanes of at least 4 members (excludes halogenated alkanes) is 1. The van der Waals surface area contributed by atoms with Gasteiger partial charge >= 0.3 is 0 Å².